The Labute approximate surface area is 170 Å². The van der Waals surface area contributed by atoms with Crippen molar-refractivity contribution in [2.75, 3.05) is 0 Å². The number of aromatic amines is 1. The molecule has 29 heavy (non-hydrogen) atoms. The summed E-state index contributed by atoms with van der Waals surface area (Å²) in [5.41, 5.74) is 4.78. The number of carboxylic acid groups (broad SMARTS) is 1. The van der Waals surface area contributed by atoms with Gasteiger partial charge in [0.05, 0.1) is 32.4 Å². The molecule has 2 heterocycles. The fourth-order valence-electron chi connectivity index (χ4n) is 3.19. The molecule has 0 atom stereocenters. The number of nitrogens with zero attached hydrogens (tertiary/aromatic N) is 2. The number of hydrogen-bond acceptors (Lipinski definition) is 4. The third-order valence-corrected chi connectivity index (χ3v) is 5.71. The number of benzene rings is 3. The quantitative estimate of drug-likeness (QED) is 0.422. The number of rotatable bonds is 4. The number of hydrogen-bond donors (Lipinski definition) is 2. The van der Waals surface area contributed by atoms with Crippen LogP contribution in [0, 0.1) is 0 Å². The van der Waals surface area contributed by atoms with Crippen molar-refractivity contribution in [1.29, 1.82) is 0 Å². The summed E-state index contributed by atoms with van der Waals surface area (Å²) in [5.74, 6) is -0.211. The van der Waals surface area contributed by atoms with Crippen molar-refractivity contribution in [1.82, 2.24) is 15.0 Å². The lowest BCUT2D eigenvalue weighted by molar-refractivity contribution is 0.0697. The van der Waals surface area contributed by atoms with E-state index in [1.807, 2.05) is 48.5 Å². The first-order valence-corrected chi connectivity index (χ1v) is 9.85. The molecule has 0 fully saturated rings. The summed E-state index contributed by atoms with van der Waals surface area (Å²) < 4.78 is 1.10. The van der Waals surface area contributed by atoms with Gasteiger partial charge in [0, 0.05) is 0 Å². The molecular formula is C23H15N3O2S. The lowest BCUT2D eigenvalue weighted by atomic mass is 10.1. The van der Waals surface area contributed by atoms with Crippen LogP contribution in [0.2, 0.25) is 0 Å². The summed E-state index contributed by atoms with van der Waals surface area (Å²) >= 11 is 1.60. The molecule has 5 nitrogen and oxygen atoms in total. The molecule has 0 aliphatic heterocycles. The molecule has 0 spiro atoms. The van der Waals surface area contributed by atoms with Gasteiger partial charge in [-0.05, 0) is 48.0 Å². The summed E-state index contributed by atoms with van der Waals surface area (Å²) in [6.07, 6.45) is 1.99. The number of H-pyrrole nitrogens is 1. The number of imidazole rings is 1. The zero-order valence-corrected chi connectivity index (χ0v) is 16.0. The fourth-order valence-corrected chi connectivity index (χ4v) is 4.17. The highest BCUT2D eigenvalue weighted by molar-refractivity contribution is 7.19. The van der Waals surface area contributed by atoms with Crippen molar-refractivity contribution in [2.45, 2.75) is 0 Å². The Kier molecular flexibility index (Phi) is 4.18. The maximum atomic E-state index is 11.1. The number of carboxylic acids is 1. The molecule has 140 valence electrons. The summed E-state index contributed by atoms with van der Waals surface area (Å²) in [6, 6.07) is 22.7. The average Bonchev–Trinajstić information content (AvgIpc) is 3.36. The second-order valence-corrected chi connectivity index (χ2v) is 7.61. The molecule has 0 radical (unpaired) electrons. The van der Waals surface area contributed by atoms with Crippen LogP contribution in [0.3, 0.4) is 0 Å². The number of para-hydroxylation sites is 3. The summed E-state index contributed by atoms with van der Waals surface area (Å²) in [6.45, 7) is 0. The van der Waals surface area contributed by atoms with E-state index >= 15 is 0 Å². The molecule has 5 rings (SSSR count). The first kappa shape index (κ1) is 17.3. The largest absolute Gasteiger partial charge is 0.478 e. The minimum Gasteiger partial charge on any atom is -0.478 e. The molecule has 0 aliphatic rings. The first-order valence-electron chi connectivity index (χ1n) is 9.03. The zero-order valence-electron chi connectivity index (χ0n) is 15.2. The van der Waals surface area contributed by atoms with Crippen molar-refractivity contribution in [3.63, 3.8) is 0 Å². The van der Waals surface area contributed by atoms with E-state index in [2.05, 4.69) is 11.1 Å². The minimum absolute atomic E-state index is 0.257. The van der Waals surface area contributed by atoms with Crippen LogP contribution in [-0.4, -0.2) is 26.0 Å². The third-order valence-electron chi connectivity index (χ3n) is 4.64. The Morgan fingerprint density at radius 3 is 2.34 bits per heavy atom. The molecule has 2 aromatic heterocycles. The Hall–Kier alpha value is -3.77. The highest BCUT2D eigenvalue weighted by Crippen LogP contribution is 2.32. The first-order chi connectivity index (χ1) is 14.2. The Morgan fingerprint density at radius 2 is 1.62 bits per heavy atom. The molecule has 0 aliphatic carbocycles. The van der Waals surface area contributed by atoms with Gasteiger partial charge in [-0.2, -0.15) is 0 Å². The maximum absolute atomic E-state index is 11.1. The minimum atomic E-state index is -0.941. The van der Waals surface area contributed by atoms with Gasteiger partial charge in [-0.15, -0.1) is 11.3 Å². The second-order valence-electron chi connectivity index (χ2n) is 6.57. The van der Waals surface area contributed by atoms with Crippen LogP contribution in [0.4, 0.5) is 0 Å². The highest BCUT2D eigenvalue weighted by Gasteiger charge is 2.15. The fraction of sp³-hybridized carbons (Fsp3) is 0. The predicted octanol–water partition coefficient (Wildman–Crippen LogP) is 5.46. The van der Waals surface area contributed by atoms with Crippen LogP contribution in [0.1, 0.15) is 26.8 Å². The number of nitrogens with one attached hydrogen (secondary N) is 1. The van der Waals surface area contributed by atoms with Crippen molar-refractivity contribution in [3.8, 4) is 0 Å². The number of aromatic carboxylic acids is 1. The smallest absolute Gasteiger partial charge is 0.335 e. The Bertz CT molecular complexity index is 1240. The van der Waals surface area contributed by atoms with E-state index < -0.39 is 5.97 Å². The van der Waals surface area contributed by atoms with Gasteiger partial charge in [0.2, 0.25) is 0 Å². The monoisotopic (exact) mass is 397 g/mol. The van der Waals surface area contributed by atoms with Gasteiger partial charge in [-0.25, -0.2) is 14.8 Å². The molecule has 0 bridgehead atoms. The van der Waals surface area contributed by atoms with Crippen LogP contribution >= 0.6 is 11.3 Å². The molecule has 0 saturated heterocycles. The van der Waals surface area contributed by atoms with Gasteiger partial charge in [0.25, 0.3) is 0 Å². The van der Waals surface area contributed by atoms with Crippen molar-refractivity contribution in [2.24, 2.45) is 0 Å². The van der Waals surface area contributed by atoms with Gasteiger partial charge in [-0.1, -0.05) is 36.4 Å². The van der Waals surface area contributed by atoms with Gasteiger partial charge in [-0.3, -0.25) is 0 Å². The molecule has 0 unspecified atom stereocenters. The third kappa shape index (κ3) is 3.30. The van der Waals surface area contributed by atoms with Gasteiger partial charge in [0.1, 0.15) is 10.8 Å². The SMILES string of the molecule is O=C(O)c1ccc(/C=C(/c2nc3ccccc3[nH]2)c2nc3ccccc3s2)cc1. The molecule has 2 N–H and O–H groups in total. The van der Waals surface area contributed by atoms with Crippen LogP contribution < -0.4 is 0 Å². The van der Waals surface area contributed by atoms with E-state index in [0.29, 0.717) is 0 Å². The van der Waals surface area contributed by atoms with E-state index in [1.165, 1.54) is 0 Å². The van der Waals surface area contributed by atoms with Gasteiger partial charge in [0.15, 0.2) is 0 Å². The number of thiazole rings is 1. The number of aromatic nitrogens is 3. The van der Waals surface area contributed by atoms with Crippen LogP contribution in [0.5, 0.6) is 0 Å². The summed E-state index contributed by atoms with van der Waals surface area (Å²) in [7, 11) is 0. The molecule has 3 aromatic carbocycles. The molecular weight excluding hydrogens is 382 g/mol. The highest BCUT2D eigenvalue weighted by atomic mass is 32.1. The lowest BCUT2D eigenvalue weighted by Gasteiger charge is -2.02. The van der Waals surface area contributed by atoms with Gasteiger partial charge < -0.3 is 10.1 Å². The lowest BCUT2D eigenvalue weighted by Crippen LogP contribution is -1.95. The van der Waals surface area contributed by atoms with Crippen molar-refractivity contribution >= 4 is 50.2 Å². The Morgan fingerprint density at radius 1 is 0.897 bits per heavy atom. The number of carbonyl (C=O) groups is 1. The molecule has 0 amide bonds. The van der Waals surface area contributed by atoms with Crippen molar-refractivity contribution < 1.29 is 9.90 Å². The van der Waals surface area contributed by atoms with E-state index in [1.54, 1.807) is 35.6 Å². The zero-order chi connectivity index (χ0) is 19.8. The molecule has 5 aromatic rings. The van der Waals surface area contributed by atoms with Crippen LogP contribution in [-0.2, 0) is 0 Å². The average molecular weight is 397 g/mol. The van der Waals surface area contributed by atoms with Gasteiger partial charge >= 0.3 is 5.97 Å². The topological polar surface area (TPSA) is 78.9 Å². The maximum Gasteiger partial charge on any atom is 0.335 e. The second kappa shape index (κ2) is 7.00. The van der Waals surface area contributed by atoms with E-state index in [-0.39, 0.29) is 5.56 Å². The van der Waals surface area contributed by atoms with Crippen molar-refractivity contribution in [3.05, 3.63) is 94.8 Å². The normalized spacial score (nSPS) is 11.9. The predicted molar refractivity (Wildman–Crippen MR) is 116 cm³/mol. The van der Waals surface area contributed by atoms with Crippen LogP contribution in [0.15, 0.2) is 72.8 Å². The summed E-state index contributed by atoms with van der Waals surface area (Å²) in [4.78, 5) is 24.1. The van der Waals surface area contributed by atoms with E-state index in [0.717, 1.165) is 43.2 Å². The van der Waals surface area contributed by atoms with Crippen LogP contribution in [0.25, 0.3) is 32.9 Å². The summed E-state index contributed by atoms with van der Waals surface area (Å²) in [5, 5.41) is 9.99. The molecule has 6 heteroatoms. The standard InChI is InChI=1S/C23H15N3O2S/c27-23(28)15-11-9-14(10-12-15)13-16(21-24-17-5-1-2-6-18(17)25-21)22-26-19-7-3-4-8-20(19)29-22/h1-13H,(H,24,25)(H,27,28)/b16-13-. The molecule has 0 saturated carbocycles. The van der Waals surface area contributed by atoms with E-state index in [4.69, 9.17) is 15.1 Å². The number of fused-ring (bicyclic) bond motifs is 2. The van der Waals surface area contributed by atoms with E-state index in [9.17, 15) is 4.79 Å². The Balaban J connectivity index is 1.68.